The molecule has 10 heteroatoms. The molecule has 0 spiro atoms. The first kappa shape index (κ1) is 19.5. The monoisotopic (exact) mass is 472 g/mol. The van der Waals surface area contributed by atoms with Crippen molar-refractivity contribution in [3.05, 3.63) is 23.5 Å². The Morgan fingerprint density at radius 1 is 0.955 bits per heavy atom. The van der Waals surface area contributed by atoms with Crippen LogP contribution in [-0.2, 0) is 10.3 Å². The molecule has 0 aliphatic carbocycles. The summed E-state index contributed by atoms with van der Waals surface area (Å²) in [6, 6.07) is 3.03. The van der Waals surface area contributed by atoms with Crippen molar-refractivity contribution >= 4 is 57.7 Å². The van der Waals surface area contributed by atoms with Crippen LogP contribution in [0.2, 0.25) is 0 Å². The number of aromatic nitrogens is 4. The summed E-state index contributed by atoms with van der Waals surface area (Å²) in [4.78, 5) is 15.7. The predicted molar refractivity (Wildman–Crippen MR) is 98.2 cm³/mol. The molecule has 0 unspecified atom stereocenters. The van der Waals surface area contributed by atoms with E-state index in [1.165, 1.54) is 29.6 Å². The fourth-order valence-electron chi connectivity index (χ4n) is 1.24. The Morgan fingerprint density at radius 2 is 1.41 bits per heavy atom. The summed E-state index contributed by atoms with van der Waals surface area (Å²) in [6.45, 7) is 0. The van der Waals surface area contributed by atoms with Gasteiger partial charge in [0, 0.05) is 16.6 Å². The number of hydrogen-bond donors (Lipinski definition) is 2. The maximum atomic E-state index is 9.09. The highest BCUT2D eigenvalue weighted by Gasteiger charge is 2.01. The maximum Gasteiger partial charge on any atom is 0.215 e. The maximum absolute atomic E-state index is 9.09. The van der Waals surface area contributed by atoms with Crippen LogP contribution < -0.4 is 0 Å². The third-order valence-corrected chi connectivity index (χ3v) is 4.28. The van der Waals surface area contributed by atoms with Gasteiger partial charge < -0.3 is 10.2 Å². The average molecular weight is 473 g/mol. The molecule has 2 aromatic rings. The third kappa shape index (κ3) is 6.71. The molecule has 0 aromatic carbocycles. The lowest BCUT2D eigenvalue weighted by Crippen LogP contribution is -1.90. The number of aromatic hydroxyl groups is 2. The average Bonchev–Trinajstić information content (AvgIpc) is 2.53. The Morgan fingerprint density at radius 3 is 1.82 bits per heavy atom. The molecule has 0 saturated carbocycles. The normalized spacial score (nSPS) is 10.0. The van der Waals surface area contributed by atoms with Crippen LogP contribution in [0.3, 0.4) is 0 Å². The van der Waals surface area contributed by atoms with E-state index in [4.69, 9.17) is 21.8 Å². The van der Waals surface area contributed by atoms with Crippen molar-refractivity contribution in [3.8, 4) is 11.8 Å². The zero-order chi connectivity index (χ0) is 16.5. The molecule has 120 valence electrons. The Labute approximate surface area is 155 Å². The largest absolute Gasteiger partial charge is 0.493 e. The van der Waals surface area contributed by atoms with Gasteiger partial charge in [0.2, 0.25) is 11.8 Å². The zero-order valence-corrected chi connectivity index (χ0v) is 16.4. The summed E-state index contributed by atoms with van der Waals surface area (Å²) in [7, 11) is 0. The predicted octanol–water partition coefficient (Wildman–Crippen LogP) is 3.48. The van der Waals surface area contributed by atoms with Gasteiger partial charge in [-0.3, -0.25) is 0 Å². The highest BCUT2D eigenvalue weighted by molar-refractivity contribution is 14.1. The highest BCUT2D eigenvalue weighted by atomic mass is 127. The van der Waals surface area contributed by atoms with Crippen molar-refractivity contribution in [2.45, 2.75) is 20.6 Å². The van der Waals surface area contributed by atoms with E-state index in [-0.39, 0.29) is 11.8 Å². The van der Waals surface area contributed by atoms with E-state index >= 15 is 0 Å². The lowest BCUT2D eigenvalue weighted by atomic mass is 10.4. The molecule has 2 rings (SSSR count). The number of alkyl halides is 2. The number of halogens is 2. The molecule has 2 heterocycles. The Kier molecular flexibility index (Phi) is 9.13. The van der Waals surface area contributed by atoms with Crippen LogP contribution in [0, 0.1) is 0 Å². The number of rotatable bonds is 4. The minimum atomic E-state index is -0.0278. The van der Waals surface area contributed by atoms with Crippen molar-refractivity contribution in [3.63, 3.8) is 0 Å². The van der Waals surface area contributed by atoms with Gasteiger partial charge in [-0.05, 0) is 12.5 Å². The molecule has 6 nitrogen and oxygen atoms in total. The summed E-state index contributed by atoms with van der Waals surface area (Å²) >= 11 is 10.5. The quantitative estimate of drug-likeness (QED) is 0.302. The first-order valence-electron chi connectivity index (χ1n) is 5.86. The van der Waals surface area contributed by atoms with Crippen LogP contribution in [0.1, 0.15) is 11.4 Å². The molecule has 22 heavy (non-hydrogen) atoms. The van der Waals surface area contributed by atoms with Crippen molar-refractivity contribution in [1.29, 1.82) is 0 Å². The molecule has 0 saturated heterocycles. The second kappa shape index (κ2) is 10.3. The standard InChI is InChI=1S/C6H7ClN2OS.C6H7IN2OS/c2*1-11-6-8-4(3-7)2-5(10)9-6/h2*2H,3H2,1H3,(H,8,9,10). The van der Waals surface area contributed by atoms with Crippen molar-refractivity contribution < 1.29 is 10.2 Å². The van der Waals surface area contributed by atoms with Gasteiger partial charge in [0.25, 0.3) is 0 Å². The van der Waals surface area contributed by atoms with Gasteiger partial charge in [-0.15, -0.1) is 11.6 Å². The summed E-state index contributed by atoms with van der Waals surface area (Å²) in [5.41, 5.74) is 1.51. The van der Waals surface area contributed by atoms with Gasteiger partial charge in [-0.2, -0.15) is 9.97 Å². The van der Waals surface area contributed by atoms with Crippen LogP contribution in [-0.4, -0.2) is 42.7 Å². The van der Waals surface area contributed by atoms with Crippen LogP contribution in [0.5, 0.6) is 11.8 Å². The van der Waals surface area contributed by atoms with E-state index in [0.717, 1.165) is 10.1 Å². The minimum Gasteiger partial charge on any atom is -0.493 e. The van der Waals surface area contributed by atoms with Crippen LogP contribution >= 0.6 is 57.7 Å². The lowest BCUT2D eigenvalue weighted by molar-refractivity contribution is 0.443. The summed E-state index contributed by atoms with van der Waals surface area (Å²) in [6.07, 6.45) is 3.72. The van der Waals surface area contributed by atoms with Crippen LogP contribution in [0.25, 0.3) is 0 Å². The summed E-state index contributed by atoms with van der Waals surface area (Å²) < 4.78 is 0.793. The van der Waals surface area contributed by atoms with E-state index in [0.29, 0.717) is 21.9 Å². The second-order valence-corrected chi connectivity index (χ2v) is 6.25. The van der Waals surface area contributed by atoms with Gasteiger partial charge in [0.1, 0.15) is 0 Å². The van der Waals surface area contributed by atoms with Gasteiger partial charge in [0.15, 0.2) is 10.3 Å². The number of nitrogens with zero attached hydrogens (tertiary/aromatic N) is 4. The second-order valence-electron chi connectivity index (χ2n) is 3.68. The topological polar surface area (TPSA) is 92.0 Å². The third-order valence-electron chi connectivity index (χ3n) is 2.13. The SMILES string of the molecule is CSc1nc(O)cc(CCl)n1.CSc1nc(O)cc(CI)n1. The Hall–Kier alpha value is -0.520. The van der Waals surface area contributed by atoms with Gasteiger partial charge >= 0.3 is 0 Å². The van der Waals surface area contributed by atoms with Crippen LogP contribution in [0.4, 0.5) is 0 Å². The summed E-state index contributed by atoms with van der Waals surface area (Å²) in [5, 5.41) is 19.3. The molecule has 0 amide bonds. The van der Waals surface area contributed by atoms with Gasteiger partial charge in [-0.1, -0.05) is 46.1 Å². The van der Waals surface area contributed by atoms with E-state index in [9.17, 15) is 0 Å². The zero-order valence-electron chi connectivity index (χ0n) is 11.8. The molecule has 0 bridgehead atoms. The molecular weight excluding hydrogens is 459 g/mol. The highest BCUT2D eigenvalue weighted by Crippen LogP contribution is 2.16. The fourth-order valence-corrected chi connectivity index (χ4v) is 2.55. The van der Waals surface area contributed by atoms with Gasteiger partial charge in [0.05, 0.1) is 17.3 Å². The molecule has 0 atom stereocenters. The number of thioether (sulfide) groups is 2. The van der Waals surface area contributed by atoms with Crippen LogP contribution in [0.15, 0.2) is 22.4 Å². The molecule has 0 aliphatic heterocycles. The summed E-state index contributed by atoms with van der Waals surface area (Å²) in [5.74, 6) is 0.319. The number of hydrogen-bond acceptors (Lipinski definition) is 8. The molecule has 2 N–H and O–H groups in total. The smallest absolute Gasteiger partial charge is 0.215 e. The van der Waals surface area contributed by atoms with Crippen molar-refractivity contribution in [2.24, 2.45) is 0 Å². The lowest BCUT2D eigenvalue weighted by Gasteiger charge is -1.98. The van der Waals surface area contributed by atoms with Gasteiger partial charge in [-0.25, -0.2) is 9.97 Å². The van der Waals surface area contributed by atoms with Crippen molar-refractivity contribution in [1.82, 2.24) is 19.9 Å². The Bertz CT molecular complexity index is 524. The van der Waals surface area contributed by atoms with Crippen molar-refractivity contribution in [2.75, 3.05) is 12.5 Å². The minimum absolute atomic E-state index is 0.0278. The van der Waals surface area contributed by atoms with E-state index in [2.05, 4.69) is 42.5 Å². The molecule has 0 aliphatic rings. The van der Waals surface area contributed by atoms with E-state index in [1.54, 1.807) is 6.07 Å². The van der Waals surface area contributed by atoms with E-state index in [1.807, 2.05) is 12.5 Å². The first-order chi connectivity index (χ1) is 10.5. The molecular formula is C12H14ClIN4O2S2. The molecule has 0 radical (unpaired) electrons. The molecule has 0 fully saturated rings. The first-order valence-corrected chi connectivity index (χ1v) is 10.4. The Balaban J connectivity index is 0.000000220. The fraction of sp³-hybridized carbons (Fsp3) is 0.333. The molecule has 2 aromatic heterocycles. The van der Waals surface area contributed by atoms with E-state index < -0.39 is 0 Å².